The molecule has 0 radical (unpaired) electrons. The Hall–Kier alpha value is -2.03. The quantitative estimate of drug-likeness (QED) is 0.672. The first-order valence-electron chi connectivity index (χ1n) is 8.19. The molecular weight excluding hydrogens is 372 g/mol. The maximum Gasteiger partial charge on any atom is 0.240 e. The lowest BCUT2D eigenvalue weighted by Gasteiger charge is -2.10. The predicted molar refractivity (Wildman–Crippen MR) is 103 cm³/mol. The number of hydrogen-bond acceptors (Lipinski definition) is 5. The van der Waals surface area contributed by atoms with Crippen LogP contribution in [-0.2, 0) is 14.8 Å². The molecule has 0 fully saturated rings. The molecule has 1 amide bonds. The predicted octanol–water partition coefficient (Wildman–Crippen LogP) is 3.34. The van der Waals surface area contributed by atoms with E-state index in [1.54, 1.807) is 19.9 Å². The Morgan fingerprint density at radius 2 is 1.69 bits per heavy atom. The first-order chi connectivity index (χ1) is 12.2. The summed E-state index contributed by atoms with van der Waals surface area (Å²) in [5, 5.41) is 2.67. The molecule has 2 rings (SSSR count). The number of hydrogen-bond donors (Lipinski definition) is 2. The number of benzene rings is 1. The van der Waals surface area contributed by atoms with Gasteiger partial charge in [0.05, 0.1) is 9.77 Å². The van der Waals surface area contributed by atoms with Gasteiger partial charge in [0, 0.05) is 29.4 Å². The third-order valence-corrected chi connectivity index (χ3v) is 6.15. The van der Waals surface area contributed by atoms with Gasteiger partial charge in [-0.25, -0.2) is 13.1 Å². The van der Waals surface area contributed by atoms with Gasteiger partial charge >= 0.3 is 0 Å². The number of Topliss-reactive ketones (excluding diaryl/α,β-unsaturated/α-hetero) is 1. The molecule has 0 aliphatic rings. The molecule has 8 heteroatoms. The molecule has 0 bridgehead atoms. The molecule has 1 aromatic heterocycles. The molecule has 26 heavy (non-hydrogen) atoms. The van der Waals surface area contributed by atoms with E-state index in [-0.39, 0.29) is 35.5 Å². The highest BCUT2D eigenvalue weighted by atomic mass is 32.2. The fourth-order valence-electron chi connectivity index (χ4n) is 2.25. The van der Waals surface area contributed by atoms with Gasteiger partial charge < -0.3 is 5.32 Å². The molecule has 2 aromatic rings. The summed E-state index contributed by atoms with van der Waals surface area (Å²) >= 11 is 1.42. The first-order valence-corrected chi connectivity index (χ1v) is 10.5. The van der Waals surface area contributed by atoms with Gasteiger partial charge in [0.25, 0.3) is 0 Å². The van der Waals surface area contributed by atoms with Crippen molar-refractivity contribution >= 4 is 38.7 Å². The number of ketones is 1. The van der Waals surface area contributed by atoms with Crippen LogP contribution in [0.3, 0.4) is 0 Å². The van der Waals surface area contributed by atoms with E-state index >= 15 is 0 Å². The van der Waals surface area contributed by atoms with E-state index in [9.17, 15) is 18.0 Å². The molecule has 0 atom stereocenters. The normalized spacial score (nSPS) is 11.5. The van der Waals surface area contributed by atoms with Crippen LogP contribution in [0.4, 0.5) is 5.69 Å². The number of carbonyl (C=O) groups excluding carboxylic acids is 2. The van der Waals surface area contributed by atoms with Gasteiger partial charge in [0.2, 0.25) is 15.9 Å². The summed E-state index contributed by atoms with van der Waals surface area (Å²) in [7, 11) is -3.56. The summed E-state index contributed by atoms with van der Waals surface area (Å²) in [4.78, 5) is 25.8. The molecule has 1 heterocycles. The van der Waals surface area contributed by atoms with Crippen molar-refractivity contribution in [3.8, 4) is 0 Å². The average molecular weight is 395 g/mol. The zero-order valence-corrected chi connectivity index (χ0v) is 16.5. The zero-order chi connectivity index (χ0) is 19.3. The SMILES string of the molecule is Cc1ccc(C(=O)CCC(=O)Nc2ccc(S(=O)(=O)NC(C)C)cc2)s1. The van der Waals surface area contributed by atoms with E-state index in [0.29, 0.717) is 10.6 Å². The van der Waals surface area contributed by atoms with Crippen LogP contribution < -0.4 is 10.0 Å². The van der Waals surface area contributed by atoms with E-state index in [0.717, 1.165) is 4.88 Å². The van der Waals surface area contributed by atoms with E-state index in [4.69, 9.17) is 0 Å². The zero-order valence-electron chi connectivity index (χ0n) is 14.9. The van der Waals surface area contributed by atoms with Gasteiger partial charge in [-0.05, 0) is 57.2 Å². The second-order valence-electron chi connectivity index (χ2n) is 6.18. The van der Waals surface area contributed by atoms with Crippen LogP contribution in [0.5, 0.6) is 0 Å². The maximum atomic E-state index is 12.1. The molecule has 0 saturated heterocycles. The van der Waals surface area contributed by atoms with E-state index < -0.39 is 10.0 Å². The van der Waals surface area contributed by atoms with Crippen LogP contribution in [0.25, 0.3) is 0 Å². The number of aryl methyl sites for hydroxylation is 1. The molecule has 0 aliphatic heterocycles. The van der Waals surface area contributed by atoms with Crippen LogP contribution in [-0.4, -0.2) is 26.2 Å². The minimum atomic E-state index is -3.56. The van der Waals surface area contributed by atoms with Crippen LogP contribution in [0.1, 0.15) is 41.2 Å². The summed E-state index contributed by atoms with van der Waals surface area (Å²) in [6.45, 7) is 5.41. The van der Waals surface area contributed by atoms with Crippen molar-refractivity contribution < 1.29 is 18.0 Å². The summed E-state index contributed by atoms with van der Waals surface area (Å²) in [6, 6.07) is 9.35. The van der Waals surface area contributed by atoms with Crippen molar-refractivity contribution in [2.45, 2.75) is 44.6 Å². The Bertz CT molecular complexity index is 884. The lowest BCUT2D eigenvalue weighted by atomic mass is 10.2. The van der Waals surface area contributed by atoms with Gasteiger partial charge in [0.15, 0.2) is 5.78 Å². The second-order valence-corrected chi connectivity index (χ2v) is 9.18. The summed E-state index contributed by atoms with van der Waals surface area (Å²) < 4.78 is 26.6. The molecule has 1 aromatic carbocycles. The van der Waals surface area contributed by atoms with Gasteiger partial charge in [-0.15, -0.1) is 11.3 Å². The molecular formula is C18H22N2O4S2. The molecule has 0 unspecified atom stereocenters. The molecule has 6 nitrogen and oxygen atoms in total. The smallest absolute Gasteiger partial charge is 0.240 e. The van der Waals surface area contributed by atoms with Gasteiger partial charge in [0.1, 0.15) is 0 Å². The van der Waals surface area contributed by atoms with Crippen molar-refractivity contribution in [2.75, 3.05) is 5.32 Å². The van der Waals surface area contributed by atoms with Gasteiger partial charge in [-0.2, -0.15) is 0 Å². The van der Waals surface area contributed by atoms with Crippen molar-refractivity contribution in [2.24, 2.45) is 0 Å². The Balaban J connectivity index is 1.90. The average Bonchev–Trinajstić information content (AvgIpc) is 2.98. The highest BCUT2D eigenvalue weighted by Gasteiger charge is 2.15. The van der Waals surface area contributed by atoms with Gasteiger partial charge in [-0.1, -0.05) is 0 Å². The number of amides is 1. The Morgan fingerprint density at radius 3 is 2.23 bits per heavy atom. The van der Waals surface area contributed by atoms with Crippen molar-refractivity contribution in [1.29, 1.82) is 0 Å². The third kappa shape index (κ3) is 5.76. The van der Waals surface area contributed by atoms with Crippen LogP contribution in [0, 0.1) is 6.92 Å². The van der Waals surface area contributed by atoms with E-state index in [2.05, 4.69) is 10.0 Å². The van der Waals surface area contributed by atoms with Gasteiger partial charge in [-0.3, -0.25) is 9.59 Å². The minimum absolute atomic E-state index is 0.0561. The molecule has 0 spiro atoms. The lowest BCUT2D eigenvalue weighted by molar-refractivity contribution is -0.116. The Kier molecular flexibility index (Phi) is 6.69. The molecule has 0 aliphatic carbocycles. The molecule has 0 saturated carbocycles. The minimum Gasteiger partial charge on any atom is -0.326 e. The number of thiophene rings is 1. The number of anilines is 1. The number of carbonyl (C=O) groups is 2. The highest BCUT2D eigenvalue weighted by Crippen LogP contribution is 2.18. The van der Waals surface area contributed by atoms with Crippen molar-refractivity contribution in [3.63, 3.8) is 0 Å². The number of rotatable bonds is 8. The topological polar surface area (TPSA) is 92.3 Å². The largest absolute Gasteiger partial charge is 0.326 e. The van der Waals surface area contributed by atoms with E-state index in [1.807, 2.05) is 13.0 Å². The van der Waals surface area contributed by atoms with Crippen molar-refractivity contribution in [1.82, 2.24) is 4.72 Å². The number of sulfonamides is 1. The highest BCUT2D eigenvalue weighted by molar-refractivity contribution is 7.89. The van der Waals surface area contributed by atoms with Crippen molar-refractivity contribution in [3.05, 3.63) is 46.2 Å². The first kappa shape index (κ1) is 20.3. The fourth-order valence-corrected chi connectivity index (χ4v) is 4.34. The summed E-state index contributed by atoms with van der Waals surface area (Å²) in [5.41, 5.74) is 0.484. The maximum absolute atomic E-state index is 12.1. The summed E-state index contributed by atoms with van der Waals surface area (Å²) in [6.07, 6.45) is 0.210. The van der Waals surface area contributed by atoms with Crippen LogP contribution in [0.2, 0.25) is 0 Å². The fraction of sp³-hybridized carbons (Fsp3) is 0.333. The molecule has 140 valence electrons. The number of nitrogens with one attached hydrogen (secondary N) is 2. The van der Waals surface area contributed by atoms with Crippen LogP contribution in [0.15, 0.2) is 41.3 Å². The molecule has 2 N–H and O–H groups in total. The Morgan fingerprint density at radius 1 is 1.04 bits per heavy atom. The standard InChI is InChI=1S/C18H22N2O4S2/c1-12(2)20-26(23,24)15-7-5-14(6-8-15)19-18(22)11-9-16(21)17-10-4-13(3)25-17/h4-8,10,12,20H,9,11H2,1-3H3,(H,19,22). The third-order valence-electron chi connectivity index (χ3n) is 3.43. The van der Waals surface area contributed by atoms with Crippen LogP contribution >= 0.6 is 11.3 Å². The lowest BCUT2D eigenvalue weighted by Crippen LogP contribution is -2.30. The Labute approximate surface area is 157 Å². The monoisotopic (exact) mass is 394 g/mol. The summed E-state index contributed by atoms with van der Waals surface area (Å²) in [5.74, 6) is -0.345. The second kappa shape index (κ2) is 8.57. The van der Waals surface area contributed by atoms with E-state index in [1.165, 1.54) is 35.6 Å².